The van der Waals surface area contributed by atoms with Gasteiger partial charge in [-0.2, -0.15) is 4.98 Å². The molecule has 2 aromatic heterocycles. The number of benzene rings is 2. The van der Waals surface area contributed by atoms with Gasteiger partial charge in [0.1, 0.15) is 5.82 Å². The highest BCUT2D eigenvalue weighted by Gasteiger charge is 2.31. The van der Waals surface area contributed by atoms with E-state index in [4.69, 9.17) is 16.0 Å². The molecule has 31 heavy (non-hydrogen) atoms. The van der Waals surface area contributed by atoms with Crippen LogP contribution in [-0.2, 0) is 0 Å². The average molecular weight is 438 g/mol. The molecule has 0 unspecified atom stereocenters. The molecule has 0 spiro atoms. The summed E-state index contributed by atoms with van der Waals surface area (Å²) in [5.74, 6) is 0.0515. The predicted octanol–water partition coefficient (Wildman–Crippen LogP) is 5.06. The van der Waals surface area contributed by atoms with Crippen molar-refractivity contribution in [3.63, 3.8) is 0 Å². The number of amides is 1. The van der Waals surface area contributed by atoms with E-state index in [0.717, 1.165) is 11.1 Å². The molecule has 5 rings (SSSR count). The van der Waals surface area contributed by atoms with Crippen molar-refractivity contribution in [1.29, 1.82) is 0 Å². The van der Waals surface area contributed by atoms with Crippen molar-refractivity contribution in [2.45, 2.75) is 18.5 Å². The van der Waals surface area contributed by atoms with E-state index in [1.165, 1.54) is 18.4 Å². The van der Waals surface area contributed by atoms with Gasteiger partial charge in [-0.25, -0.2) is 9.07 Å². The van der Waals surface area contributed by atoms with Gasteiger partial charge in [-0.3, -0.25) is 10.1 Å². The second-order valence-electron chi connectivity index (χ2n) is 7.19. The van der Waals surface area contributed by atoms with Crippen LogP contribution in [0.25, 0.3) is 0 Å². The molecule has 0 radical (unpaired) electrons. The highest BCUT2D eigenvalue weighted by atomic mass is 35.5. The molecule has 0 saturated carbocycles. The molecule has 156 valence electrons. The van der Waals surface area contributed by atoms with Gasteiger partial charge in [0.2, 0.25) is 5.95 Å². The van der Waals surface area contributed by atoms with E-state index < -0.39 is 5.91 Å². The number of hydrogen-bond acceptors (Lipinski definition) is 5. The first-order valence-electron chi connectivity index (χ1n) is 9.66. The summed E-state index contributed by atoms with van der Waals surface area (Å²) in [5.41, 5.74) is 1.92. The minimum Gasteiger partial charge on any atom is -0.459 e. The lowest BCUT2D eigenvalue weighted by molar-refractivity contribution is 0.0995. The molecule has 2 N–H and O–H groups in total. The lowest BCUT2D eigenvalue weighted by atomic mass is 9.93. The molecule has 0 bridgehead atoms. The zero-order valence-corrected chi connectivity index (χ0v) is 16.9. The van der Waals surface area contributed by atoms with Crippen LogP contribution >= 0.6 is 11.6 Å². The fraction of sp³-hybridized carbons (Fsp3) is 0.136. The summed E-state index contributed by atoms with van der Waals surface area (Å²) in [6.45, 7) is 0. The third kappa shape index (κ3) is 3.89. The van der Waals surface area contributed by atoms with Crippen LogP contribution in [0.2, 0.25) is 5.02 Å². The summed E-state index contributed by atoms with van der Waals surface area (Å²) in [7, 11) is 0. The van der Waals surface area contributed by atoms with E-state index in [2.05, 4.69) is 20.7 Å². The van der Waals surface area contributed by atoms with Crippen molar-refractivity contribution >= 4 is 29.4 Å². The number of fused-ring (bicyclic) bond motifs is 1. The average Bonchev–Trinajstić information content (AvgIpc) is 3.44. The SMILES string of the molecule is O=C(Nc1nc2n(n1)[C@H](c1ccc(F)cc1)C[C@H](c1ccc(Cl)cc1)N2)c1ccco1. The summed E-state index contributed by atoms with van der Waals surface area (Å²) in [6, 6.07) is 16.8. The Labute approximate surface area is 181 Å². The van der Waals surface area contributed by atoms with Gasteiger partial charge in [0, 0.05) is 5.02 Å². The second-order valence-corrected chi connectivity index (χ2v) is 7.62. The quantitative estimate of drug-likeness (QED) is 0.466. The second kappa shape index (κ2) is 7.88. The van der Waals surface area contributed by atoms with Crippen LogP contribution in [-0.4, -0.2) is 20.7 Å². The summed E-state index contributed by atoms with van der Waals surface area (Å²) in [5, 5.41) is 11.2. The van der Waals surface area contributed by atoms with Crippen molar-refractivity contribution < 1.29 is 13.6 Å². The van der Waals surface area contributed by atoms with Gasteiger partial charge in [0.05, 0.1) is 18.3 Å². The number of nitrogens with one attached hydrogen (secondary N) is 2. The van der Waals surface area contributed by atoms with Crippen LogP contribution in [0.3, 0.4) is 0 Å². The van der Waals surface area contributed by atoms with Crippen molar-refractivity contribution in [2.75, 3.05) is 10.6 Å². The van der Waals surface area contributed by atoms with Gasteiger partial charge >= 0.3 is 0 Å². The number of aromatic nitrogens is 3. The number of rotatable bonds is 4. The number of carbonyl (C=O) groups is 1. The Bertz CT molecular complexity index is 1210. The van der Waals surface area contributed by atoms with Crippen molar-refractivity contribution in [3.8, 4) is 0 Å². The molecule has 7 nitrogen and oxygen atoms in total. The van der Waals surface area contributed by atoms with Gasteiger partial charge in [-0.1, -0.05) is 35.9 Å². The predicted molar refractivity (Wildman–Crippen MR) is 114 cm³/mol. The molecule has 2 atom stereocenters. The maximum Gasteiger partial charge on any atom is 0.293 e. The zero-order valence-electron chi connectivity index (χ0n) is 16.1. The molecule has 0 saturated heterocycles. The number of carbonyl (C=O) groups excluding carboxylic acids is 1. The highest BCUT2D eigenvalue weighted by Crippen LogP contribution is 2.38. The van der Waals surface area contributed by atoms with Crippen LogP contribution in [0.5, 0.6) is 0 Å². The Balaban J connectivity index is 1.50. The van der Waals surface area contributed by atoms with Crippen LogP contribution < -0.4 is 10.6 Å². The molecule has 1 aliphatic rings. The van der Waals surface area contributed by atoms with E-state index in [0.29, 0.717) is 17.4 Å². The molecular formula is C22H17ClFN5O2. The smallest absolute Gasteiger partial charge is 0.293 e. The molecule has 4 aromatic rings. The van der Waals surface area contributed by atoms with Crippen molar-refractivity contribution in [3.05, 3.63) is 94.7 Å². The van der Waals surface area contributed by atoms with E-state index in [-0.39, 0.29) is 29.6 Å². The van der Waals surface area contributed by atoms with Crippen molar-refractivity contribution in [2.24, 2.45) is 0 Å². The number of furan rings is 1. The maximum absolute atomic E-state index is 13.5. The Kier molecular flexibility index (Phi) is 4.91. The molecule has 0 aliphatic carbocycles. The zero-order chi connectivity index (χ0) is 21.4. The van der Waals surface area contributed by atoms with Gasteiger partial charge in [0.15, 0.2) is 5.76 Å². The molecule has 9 heteroatoms. The first-order chi connectivity index (χ1) is 15.1. The highest BCUT2D eigenvalue weighted by molar-refractivity contribution is 6.30. The minimum absolute atomic E-state index is 0.0716. The third-order valence-corrected chi connectivity index (χ3v) is 5.44. The topological polar surface area (TPSA) is 85.0 Å². The lowest BCUT2D eigenvalue weighted by Gasteiger charge is -2.31. The van der Waals surface area contributed by atoms with E-state index in [9.17, 15) is 9.18 Å². The van der Waals surface area contributed by atoms with Crippen LogP contribution in [0, 0.1) is 5.82 Å². The lowest BCUT2D eigenvalue weighted by Crippen LogP contribution is -2.28. The van der Waals surface area contributed by atoms with Gasteiger partial charge < -0.3 is 9.73 Å². The maximum atomic E-state index is 13.5. The van der Waals surface area contributed by atoms with Gasteiger partial charge in [0.25, 0.3) is 11.9 Å². The van der Waals surface area contributed by atoms with Crippen LogP contribution in [0.4, 0.5) is 16.3 Å². The number of hydrogen-bond donors (Lipinski definition) is 2. The molecule has 1 aliphatic heterocycles. The Hall–Kier alpha value is -3.65. The first-order valence-corrected chi connectivity index (χ1v) is 10.0. The third-order valence-electron chi connectivity index (χ3n) is 5.19. The Morgan fingerprint density at radius 3 is 2.58 bits per heavy atom. The summed E-state index contributed by atoms with van der Waals surface area (Å²) in [6.07, 6.45) is 2.07. The van der Waals surface area contributed by atoms with Crippen LogP contribution in [0.1, 0.15) is 40.2 Å². The molecule has 0 fully saturated rings. The van der Waals surface area contributed by atoms with E-state index in [1.807, 2.05) is 24.3 Å². The monoisotopic (exact) mass is 437 g/mol. The van der Waals surface area contributed by atoms with E-state index >= 15 is 0 Å². The fourth-order valence-corrected chi connectivity index (χ4v) is 3.80. The molecule has 1 amide bonds. The molecule has 3 heterocycles. The number of anilines is 2. The Morgan fingerprint density at radius 2 is 1.87 bits per heavy atom. The van der Waals surface area contributed by atoms with Crippen LogP contribution in [0.15, 0.2) is 71.3 Å². The van der Waals surface area contributed by atoms with Crippen molar-refractivity contribution in [1.82, 2.24) is 14.8 Å². The summed E-state index contributed by atoms with van der Waals surface area (Å²) >= 11 is 6.03. The first kappa shape index (κ1) is 19.3. The number of halogens is 2. The van der Waals surface area contributed by atoms with E-state index in [1.54, 1.807) is 28.9 Å². The van der Waals surface area contributed by atoms with Gasteiger partial charge in [-0.05, 0) is 53.9 Å². The normalized spacial score (nSPS) is 17.6. The fourth-order valence-electron chi connectivity index (χ4n) is 3.68. The largest absolute Gasteiger partial charge is 0.459 e. The standard InChI is InChI=1S/C22H17ClFN5O2/c23-15-7-3-13(4-8-15)17-12-18(14-5-9-16(24)10-6-14)29-22(25-17)27-21(28-29)26-20(30)19-2-1-11-31-19/h1-11,17-18H,12H2,(H2,25,26,27,28,30)/t17-,18+/m1/s1. The van der Waals surface area contributed by atoms with Gasteiger partial charge in [-0.15, -0.1) is 5.10 Å². The Morgan fingerprint density at radius 1 is 1.13 bits per heavy atom. The minimum atomic E-state index is -0.444. The molecular weight excluding hydrogens is 421 g/mol. The molecule has 2 aromatic carbocycles. The summed E-state index contributed by atoms with van der Waals surface area (Å²) < 4.78 is 20.3. The number of nitrogens with zero attached hydrogens (tertiary/aromatic N) is 3. The summed E-state index contributed by atoms with van der Waals surface area (Å²) in [4.78, 5) is 16.8.